The molecular formula is C22H18FN3O2S. The van der Waals surface area contributed by atoms with Crippen LogP contribution in [0.5, 0.6) is 0 Å². The number of carbonyl (C=O) groups excluding carboxylic acids is 2. The predicted molar refractivity (Wildman–Crippen MR) is 112 cm³/mol. The Balaban J connectivity index is 1.89. The number of rotatable bonds is 4. The van der Waals surface area contributed by atoms with Crippen LogP contribution in [0.3, 0.4) is 0 Å². The standard InChI is InChI=1S/C22H18FN3O2S/c1-12-6-4-9-18(13(12)2)25-21(28)19-14(3)17(11-24)22(29-19)26-20(27)15-7-5-8-16(23)10-15/h4-10H,1-3H3,(H,25,28)(H,26,27). The second-order valence-electron chi connectivity index (χ2n) is 6.54. The van der Waals surface area contributed by atoms with E-state index in [1.807, 2.05) is 32.0 Å². The third-order valence-electron chi connectivity index (χ3n) is 4.63. The van der Waals surface area contributed by atoms with Gasteiger partial charge in [0.1, 0.15) is 16.9 Å². The van der Waals surface area contributed by atoms with Crippen LogP contribution in [-0.2, 0) is 0 Å². The number of anilines is 2. The third kappa shape index (κ3) is 4.18. The van der Waals surface area contributed by atoms with Gasteiger partial charge >= 0.3 is 0 Å². The summed E-state index contributed by atoms with van der Waals surface area (Å²) in [7, 11) is 0. The maximum absolute atomic E-state index is 13.4. The highest BCUT2D eigenvalue weighted by Gasteiger charge is 2.22. The summed E-state index contributed by atoms with van der Waals surface area (Å²) in [5, 5.41) is 15.2. The second-order valence-corrected chi connectivity index (χ2v) is 7.56. The van der Waals surface area contributed by atoms with Crippen LogP contribution >= 0.6 is 11.3 Å². The maximum atomic E-state index is 13.4. The zero-order valence-corrected chi connectivity index (χ0v) is 16.9. The zero-order chi connectivity index (χ0) is 21.1. The molecule has 0 saturated carbocycles. The van der Waals surface area contributed by atoms with Crippen molar-refractivity contribution in [1.29, 1.82) is 5.26 Å². The molecule has 3 aromatic rings. The summed E-state index contributed by atoms with van der Waals surface area (Å²) in [6.45, 7) is 5.53. The number of nitrogens with one attached hydrogen (secondary N) is 2. The Labute approximate surface area is 171 Å². The fourth-order valence-electron chi connectivity index (χ4n) is 2.82. The Kier molecular flexibility index (Phi) is 5.76. The van der Waals surface area contributed by atoms with Gasteiger partial charge in [-0.15, -0.1) is 11.3 Å². The largest absolute Gasteiger partial charge is 0.321 e. The van der Waals surface area contributed by atoms with Gasteiger partial charge in [0.15, 0.2) is 0 Å². The van der Waals surface area contributed by atoms with Crippen molar-refractivity contribution >= 4 is 33.8 Å². The van der Waals surface area contributed by atoms with Crippen molar-refractivity contribution in [2.75, 3.05) is 10.6 Å². The molecular weight excluding hydrogens is 389 g/mol. The first kappa shape index (κ1) is 20.2. The van der Waals surface area contributed by atoms with Crippen molar-refractivity contribution in [3.63, 3.8) is 0 Å². The Morgan fingerprint density at radius 1 is 1.00 bits per heavy atom. The third-order valence-corrected chi connectivity index (χ3v) is 5.84. The Morgan fingerprint density at radius 3 is 2.41 bits per heavy atom. The van der Waals surface area contributed by atoms with Gasteiger partial charge in [-0.05, 0) is 61.7 Å². The first-order valence-corrected chi connectivity index (χ1v) is 9.61. The average Bonchev–Trinajstić information content (AvgIpc) is 3.00. The lowest BCUT2D eigenvalue weighted by Gasteiger charge is -2.09. The van der Waals surface area contributed by atoms with Crippen LogP contribution in [-0.4, -0.2) is 11.8 Å². The molecule has 0 saturated heterocycles. The van der Waals surface area contributed by atoms with E-state index in [2.05, 4.69) is 10.6 Å². The van der Waals surface area contributed by atoms with Crippen molar-refractivity contribution in [3.8, 4) is 6.07 Å². The maximum Gasteiger partial charge on any atom is 0.266 e. The molecule has 1 heterocycles. The fourth-order valence-corrected chi connectivity index (χ4v) is 3.87. The van der Waals surface area contributed by atoms with Gasteiger partial charge in [-0.1, -0.05) is 18.2 Å². The van der Waals surface area contributed by atoms with Gasteiger partial charge in [0, 0.05) is 11.3 Å². The van der Waals surface area contributed by atoms with Gasteiger partial charge in [0.05, 0.1) is 10.4 Å². The molecule has 0 aliphatic heterocycles. The first-order valence-electron chi connectivity index (χ1n) is 8.79. The molecule has 0 fully saturated rings. The van der Waals surface area contributed by atoms with E-state index in [1.54, 1.807) is 13.0 Å². The fraction of sp³-hybridized carbons (Fsp3) is 0.136. The first-order chi connectivity index (χ1) is 13.8. The van der Waals surface area contributed by atoms with E-state index < -0.39 is 11.7 Å². The summed E-state index contributed by atoms with van der Waals surface area (Å²) >= 11 is 1.02. The predicted octanol–water partition coefficient (Wildman–Crippen LogP) is 5.19. The van der Waals surface area contributed by atoms with E-state index in [-0.39, 0.29) is 22.0 Å². The molecule has 7 heteroatoms. The molecule has 0 bridgehead atoms. The molecule has 0 spiro atoms. The minimum absolute atomic E-state index is 0.126. The molecule has 2 aromatic carbocycles. The van der Waals surface area contributed by atoms with Crippen LogP contribution in [0.25, 0.3) is 0 Å². The molecule has 146 valence electrons. The van der Waals surface area contributed by atoms with Gasteiger partial charge in [-0.2, -0.15) is 5.26 Å². The lowest BCUT2D eigenvalue weighted by atomic mass is 10.1. The Morgan fingerprint density at radius 2 is 1.72 bits per heavy atom. The lowest BCUT2D eigenvalue weighted by molar-refractivity contribution is 0.101. The van der Waals surface area contributed by atoms with E-state index in [0.717, 1.165) is 28.5 Å². The highest BCUT2D eigenvalue weighted by Crippen LogP contribution is 2.33. The van der Waals surface area contributed by atoms with Crippen molar-refractivity contribution in [2.24, 2.45) is 0 Å². The lowest BCUT2D eigenvalue weighted by Crippen LogP contribution is -2.12. The SMILES string of the molecule is Cc1cccc(NC(=O)c2sc(NC(=O)c3cccc(F)c3)c(C#N)c2C)c1C. The summed E-state index contributed by atoms with van der Waals surface area (Å²) in [5.74, 6) is -1.44. The van der Waals surface area contributed by atoms with E-state index in [0.29, 0.717) is 16.1 Å². The summed E-state index contributed by atoms with van der Waals surface area (Å²) in [6.07, 6.45) is 0. The van der Waals surface area contributed by atoms with Crippen LogP contribution < -0.4 is 10.6 Å². The van der Waals surface area contributed by atoms with Gasteiger partial charge in [0.25, 0.3) is 11.8 Å². The Hall–Kier alpha value is -3.50. The summed E-state index contributed by atoms with van der Waals surface area (Å²) in [5.41, 5.74) is 3.51. The monoisotopic (exact) mass is 407 g/mol. The van der Waals surface area contributed by atoms with E-state index >= 15 is 0 Å². The normalized spacial score (nSPS) is 10.3. The van der Waals surface area contributed by atoms with Gasteiger partial charge in [0.2, 0.25) is 0 Å². The molecule has 0 unspecified atom stereocenters. The number of amides is 2. The van der Waals surface area contributed by atoms with Crippen LogP contribution in [0.1, 0.15) is 42.3 Å². The number of halogens is 1. The van der Waals surface area contributed by atoms with Crippen LogP contribution in [0.4, 0.5) is 15.1 Å². The molecule has 2 amide bonds. The van der Waals surface area contributed by atoms with Crippen molar-refractivity contribution in [3.05, 3.63) is 81.0 Å². The summed E-state index contributed by atoms with van der Waals surface area (Å²) < 4.78 is 13.4. The molecule has 3 rings (SSSR count). The zero-order valence-electron chi connectivity index (χ0n) is 16.1. The summed E-state index contributed by atoms with van der Waals surface area (Å²) in [4.78, 5) is 25.6. The quantitative estimate of drug-likeness (QED) is 0.624. The van der Waals surface area contributed by atoms with Crippen molar-refractivity contribution < 1.29 is 14.0 Å². The van der Waals surface area contributed by atoms with Crippen LogP contribution in [0.15, 0.2) is 42.5 Å². The highest BCUT2D eigenvalue weighted by molar-refractivity contribution is 7.18. The van der Waals surface area contributed by atoms with Gasteiger partial charge in [-0.25, -0.2) is 4.39 Å². The number of hydrogen-bond donors (Lipinski definition) is 2. The number of aryl methyl sites for hydroxylation is 1. The molecule has 5 nitrogen and oxygen atoms in total. The molecule has 1 aromatic heterocycles. The molecule has 0 atom stereocenters. The topological polar surface area (TPSA) is 82.0 Å². The van der Waals surface area contributed by atoms with Gasteiger partial charge < -0.3 is 10.6 Å². The van der Waals surface area contributed by atoms with Crippen molar-refractivity contribution in [1.82, 2.24) is 0 Å². The van der Waals surface area contributed by atoms with E-state index in [4.69, 9.17) is 0 Å². The number of nitrogens with zero attached hydrogens (tertiary/aromatic N) is 1. The van der Waals surface area contributed by atoms with E-state index in [9.17, 15) is 19.2 Å². The molecule has 0 aliphatic carbocycles. The highest BCUT2D eigenvalue weighted by atomic mass is 32.1. The number of benzene rings is 2. The molecule has 29 heavy (non-hydrogen) atoms. The molecule has 0 radical (unpaired) electrons. The van der Waals surface area contributed by atoms with Crippen LogP contribution in [0, 0.1) is 37.9 Å². The van der Waals surface area contributed by atoms with Crippen LogP contribution in [0.2, 0.25) is 0 Å². The van der Waals surface area contributed by atoms with Gasteiger partial charge in [-0.3, -0.25) is 9.59 Å². The number of hydrogen-bond acceptors (Lipinski definition) is 4. The van der Waals surface area contributed by atoms with E-state index in [1.165, 1.54) is 18.2 Å². The average molecular weight is 407 g/mol. The minimum atomic E-state index is -0.552. The summed E-state index contributed by atoms with van der Waals surface area (Å²) in [6, 6.07) is 12.9. The molecule has 2 N–H and O–H groups in total. The number of carbonyl (C=O) groups is 2. The second kappa shape index (κ2) is 8.25. The number of thiophene rings is 1. The molecule has 0 aliphatic rings. The Bertz CT molecular complexity index is 1160. The minimum Gasteiger partial charge on any atom is -0.321 e. The number of nitriles is 1. The van der Waals surface area contributed by atoms with Crippen molar-refractivity contribution in [2.45, 2.75) is 20.8 Å². The smallest absolute Gasteiger partial charge is 0.266 e.